The molecule has 96 valence electrons. The van der Waals surface area contributed by atoms with Gasteiger partial charge in [0, 0.05) is 19.1 Å². The Bertz CT molecular complexity index is 311. The van der Waals surface area contributed by atoms with Gasteiger partial charge >= 0.3 is 0 Å². The van der Waals surface area contributed by atoms with Gasteiger partial charge in [-0.3, -0.25) is 4.90 Å². The van der Waals surface area contributed by atoms with Gasteiger partial charge in [0.25, 0.3) is 0 Å². The molecule has 2 unspecified atom stereocenters. The van der Waals surface area contributed by atoms with Crippen LogP contribution in [0.25, 0.3) is 0 Å². The van der Waals surface area contributed by atoms with Gasteiger partial charge in [0.15, 0.2) is 0 Å². The van der Waals surface area contributed by atoms with E-state index in [9.17, 15) is 0 Å². The Hall–Kier alpha value is -0.840. The van der Waals surface area contributed by atoms with E-state index in [1.54, 1.807) is 12.5 Å². The van der Waals surface area contributed by atoms with Crippen LogP contribution in [0.5, 0.6) is 0 Å². The quantitative estimate of drug-likeness (QED) is 0.839. The van der Waals surface area contributed by atoms with Crippen LogP contribution in [0, 0.1) is 0 Å². The minimum atomic E-state index is 0.0484. The van der Waals surface area contributed by atoms with E-state index in [0.717, 1.165) is 38.2 Å². The number of hydrogen-bond acceptors (Lipinski definition) is 4. The van der Waals surface area contributed by atoms with Gasteiger partial charge in [-0.1, -0.05) is 6.92 Å². The van der Waals surface area contributed by atoms with E-state index < -0.39 is 0 Å². The minimum absolute atomic E-state index is 0.0484. The molecule has 1 fully saturated rings. The smallest absolute Gasteiger partial charge is 0.0935 e. The van der Waals surface area contributed by atoms with Crippen LogP contribution in [-0.4, -0.2) is 43.3 Å². The molecule has 4 nitrogen and oxygen atoms in total. The van der Waals surface area contributed by atoms with Crippen molar-refractivity contribution in [2.75, 3.05) is 26.2 Å². The molecule has 4 heteroatoms. The molecular weight excluding hydrogens is 216 g/mol. The van der Waals surface area contributed by atoms with Crippen LogP contribution in [-0.2, 0) is 11.2 Å². The van der Waals surface area contributed by atoms with Gasteiger partial charge in [0.2, 0.25) is 0 Å². The molecule has 1 saturated heterocycles. The summed E-state index contributed by atoms with van der Waals surface area (Å²) in [6.45, 7) is 6.12. The number of ether oxygens (including phenoxy) is 1. The van der Waals surface area contributed by atoms with Crippen molar-refractivity contribution in [1.29, 1.82) is 0 Å². The average Bonchev–Trinajstić information content (AvgIpc) is 2.83. The maximum atomic E-state index is 6.20. The van der Waals surface area contributed by atoms with Crippen LogP contribution in [0.2, 0.25) is 0 Å². The third-order valence-corrected chi connectivity index (χ3v) is 3.25. The summed E-state index contributed by atoms with van der Waals surface area (Å²) in [6.07, 6.45) is 5.59. The second kappa shape index (κ2) is 6.19. The lowest BCUT2D eigenvalue weighted by Gasteiger charge is -2.35. The normalized spacial score (nSPS) is 23.8. The first-order valence-corrected chi connectivity index (χ1v) is 6.40. The number of morpholine rings is 1. The lowest BCUT2D eigenvalue weighted by molar-refractivity contribution is -0.0400. The number of nitrogens with two attached hydrogens (primary N) is 1. The van der Waals surface area contributed by atoms with E-state index >= 15 is 0 Å². The topological polar surface area (TPSA) is 51.6 Å². The lowest BCUT2D eigenvalue weighted by Crippen LogP contribution is -2.51. The number of nitrogens with zero attached hydrogens (tertiary/aromatic N) is 1. The molecule has 2 rings (SSSR count). The van der Waals surface area contributed by atoms with Crippen LogP contribution >= 0.6 is 0 Å². The Morgan fingerprint density at radius 1 is 1.59 bits per heavy atom. The predicted octanol–water partition coefficient (Wildman–Crippen LogP) is 1.26. The summed E-state index contributed by atoms with van der Waals surface area (Å²) in [4.78, 5) is 2.43. The van der Waals surface area contributed by atoms with E-state index in [1.165, 1.54) is 6.42 Å². The summed E-state index contributed by atoms with van der Waals surface area (Å²) < 4.78 is 10.8. The molecule has 2 heterocycles. The van der Waals surface area contributed by atoms with Gasteiger partial charge in [-0.15, -0.1) is 0 Å². The molecule has 0 aliphatic carbocycles. The largest absolute Gasteiger partial charge is 0.472 e. The molecule has 1 aliphatic heterocycles. The van der Waals surface area contributed by atoms with Gasteiger partial charge in [-0.05, 0) is 31.0 Å². The van der Waals surface area contributed by atoms with Crippen molar-refractivity contribution in [3.05, 3.63) is 24.2 Å². The molecule has 1 aromatic heterocycles. The van der Waals surface area contributed by atoms with Crippen molar-refractivity contribution in [1.82, 2.24) is 4.90 Å². The van der Waals surface area contributed by atoms with Crippen molar-refractivity contribution in [3.8, 4) is 0 Å². The highest BCUT2D eigenvalue weighted by Crippen LogP contribution is 2.12. The maximum absolute atomic E-state index is 6.20. The second-order valence-corrected chi connectivity index (χ2v) is 4.71. The van der Waals surface area contributed by atoms with Crippen LogP contribution in [0.15, 0.2) is 23.0 Å². The van der Waals surface area contributed by atoms with Gasteiger partial charge in [-0.25, -0.2) is 0 Å². The van der Waals surface area contributed by atoms with Gasteiger partial charge in [-0.2, -0.15) is 0 Å². The molecule has 17 heavy (non-hydrogen) atoms. The van der Waals surface area contributed by atoms with E-state index in [1.807, 2.05) is 6.07 Å². The molecule has 0 aromatic carbocycles. The third kappa shape index (κ3) is 3.56. The monoisotopic (exact) mass is 238 g/mol. The zero-order valence-corrected chi connectivity index (χ0v) is 10.5. The third-order valence-electron chi connectivity index (χ3n) is 3.25. The Labute approximate surface area is 103 Å². The van der Waals surface area contributed by atoms with E-state index in [-0.39, 0.29) is 12.1 Å². The molecule has 0 bridgehead atoms. The van der Waals surface area contributed by atoms with Gasteiger partial charge in [0.1, 0.15) is 0 Å². The molecule has 1 aliphatic rings. The molecule has 0 amide bonds. The summed E-state index contributed by atoms with van der Waals surface area (Å²) in [5.74, 6) is 0. The highest BCUT2D eigenvalue weighted by atomic mass is 16.5. The standard InChI is InChI=1S/C13H22N2O2/c1-2-4-15-5-7-17-13(9-15)12(14)8-11-3-6-16-10-11/h3,6,10,12-13H,2,4-5,7-9,14H2,1H3. The Kier molecular flexibility index (Phi) is 4.59. The summed E-state index contributed by atoms with van der Waals surface area (Å²) in [7, 11) is 0. The van der Waals surface area contributed by atoms with Crippen molar-refractivity contribution in [2.24, 2.45) is 5.73 Å². The van der Waals surface area contributed by atoms with E-state index in [4.69, 9.17) is 14.9 Å². The zero-order chi connectivity index (χ0) is 12.1. The van der Waals surface area contributed by atoms with Crippen molar-refractivity contribution < 1.29 is 9.15 Å². The first-order chi connectivity index (χ1) is 8.29. The summed E-state index contributed by atoms with van der Waals surface area (Å²) in [6, 6.07) is 2.01. The molecule has 2 N–H and O–H groups in total. The van der Waals surface area contributed by atoms with Crippen LogP contribution < -0.4 is 5.73 Å². The molecular formula is C13H22N2O2. The highest BCUT2D eigenvalue weighted by Gasteiger charge is 2.25. The number of furan rings is 1. The SMILES string of the molecule is CCCN1CCOC(C(N)Cc2ccoc2)C1. The number of hydrogen-bond donors (Lipinski definition) is 1. The molecule has 2 atom stereocenters. The second-order valence-electron chi connectivity index (χ2n) is 4.71. The van der Waals surface area contributed by atoms with Crippen LogP contribution in [0.4, 0.5) is 0 Å². The van der Waals surface area contributed by atoms with E-state index in [0.29, 0.717) is 0 Å². The predicted molar refractivity (Wildman–Crippen MR) is 66.9 cm³/mol. The Morgan fingerprint density at radius 2 is 2.47 bits per heavy atom. The number of rotatable bonds is 5. The maximum Gasteiger partial charge on any atom is 0.0935 e. The van der Waals surface area contributed by atoms with Crippen molar-refractivity contribution in [3.63, 3.8) is 0 Å². The van der Waals surface area contributed by atoms with Crippen molar-refractivity contribution in [2.45, 2.75) is 31.9 Å². The Morgan fingerprint density at radius 3 is 3.18 bits per heavy atom. The first-order valence-electron chi connectivity index (χ1n) is 6.40. The zero-order valence-electron chi connectivity index (χ0n) is 10.5. The molecule has 0 radical (unpaired) electrons. The minimum Gasteiger partial charge on any atom is -0.472 e. The summed E-state index contributed by atoms with van der Waals surface area (Å²) in [5.41, 5.74) is 7.35. The fourth-order valence-electron chi connectivity index (χ4n) is 2.32. The Balaban J connectivity index is 1.84. The van der Waals surface area contributed by atoms with Crippen LogP contribution in [0.3, 0.4) is 0 Å². The fraction of sp³-hybridized carbons (Fsp3) is 0.692. The van der Waals surface area contributed by atoms with Crippen LogP contribution in [0.1, 0.15) is 18.9 Å². The van der Waals surface area contributed by atoms with Gasteiger partial charge < -0.3 is 14.9 Å². The molecule has 0 spiro atoms. The highest BCUT2D eigenvalue weighted by molar-refractivity contribution is 5.08. The summed E-state index contributed by atoms with van der Waals surface area (Å²) in [5, 5.41) is 0. The lowest BCUT2D eigenvalue weighted by atomic mass is 10.0. The summed E-state index contributed by atoms with van der Waals surface area (Å²) >= 11 is 0. The fourth-order valence-corrected chi connectivity index (χ4v) is 2.32. The molecule has 0 saturated carbocycles. The van der Waals surface area contributed by atoms with Gasteiger partial charge in [0.05, 0.1) is 25.2 Å². The van der Waals surface area contributed by atoms with Crippen molar-refractivity contribution >= 4 is 0 Å². The average molecular weight is 238 g/mol. The molecule has 1 aromatic rings. The first kappa shape index (κ1) is 12.6. The van der Waals surface area contributed by atoms with E-state index in [2.05, 4.69) is 11.8 Å².